The van der Waals surface area contributed by atoms with E-state index in [0.717, 1.165) is 25.2 Å². The lowest BCUT2D eigenvalue weighted by molar-refractivity contribution is -0.133. The molecule has 2 aliphatic heterocycles. The molecule has 6 heteroatoms. The molecule has 0 aromatic rings. The van der Waals surface area contributed by atoms with Crippen molar-refractivity contribution in [2.75, 3.05) is 26.2 Å². The molecule has 0 aromatic carbocycles. The van der Waals surface area contributed by atoms with Gasteiger partial charge in [-0.3, -0.25) is 14.6 Å². The van der Waals surface area contributed by atoms with E-state index >= 15 is 0 Å². The van der Waals surface area contributed by atoms with E-state index in [9.17, 15) is 9.59 Å². The second kappa shape index (κ2) is 5.42. The highest BCUT2D eigenvalue weighted by Crippen LogP contribution is 2.30. The Balaban J connectivity index is 2.04. The van der Waals surface area contributed by atoms with Crippen LogP contribution in [0.5, 0.6) is 0 Å². The molecule has 0 bridgehead atoms. The summed E-state index contributed by atoms with van der Waals surface area (Å²) < 4.78 is 0. The van der Waals surface area contributed by atoms with E-state index < -0.39 is 11.1 Å². The van der Waals surface area contributed by atoms with Gasteiger partial charge < -0.3 is 11.1 Å². The van der Waals surface area contributed by atoms with Gasteiger partial charge in [0.25, 0.3) is 5.91 Å². The highest BCUT2D eigenvalue weighted by molar-refractivity contribution is 6.07. The first-order chi connectivity index (χ1) is 9.63. The minimum atomic E-state index is -0.728. The van der Waals surface area contributed by atoms with Gasteiger partial charge in [0.1, 0.15) is 5.54 Å². The van der Waals surface area contributed by atoms with Crippen molar-refractivity contribution in [3.05, 3.63) is 12.2 Å². The van der Waals surface area contributed by atoms with Gasteiger partial charge in [0.15, 0.2) is 0 Å². The van der Waals surface area contributed by atoms with Crippen molar-refractivity contribution < 1.29 is 9.59 Å². The Morgan fingerprint density at radius 3 is 2.43 bits per heavy atom. The molecule has 2 aliphatic rings. The number of hydrogen-bond acceptors (Lipinski definition) is 4. The number of carbonyl (C=O) groups is 2. The smallest absolute Gasteiger partial charge is 0.324 e. The predicted molar refractivity (Wildman–Crippen MR) is 81.7 cm³/mol. The molecule has 0 radical (unpaired) electrons. The summed E-state index contributed by atoms with van der Waals surface area (Å²) in [6, 6.07) is -0.313. The number of amides is 3. The number of nitrogens with two attached hydrogens (primary N) is 1. The predicted octanol–water partition coefficient (Wildman–Crippen LogP) is 0.686. The van der Waals surface area contributed by atoms with E-state index in [1.54, 1.807) is 0 Å². The number of likely N-dealkylation sites (tertiary alicyclic amines) is 1. The molecule has 0 atom stereocenters. The molecule has 0 unspecified atom stereocenters. The SMILES string of the molecule is C=C(C)CN1CCC2(CC1)NC(=O)N(CC(C)(C)N)C2=O. The van der Waals surface area contributed by atoms with Gasteiger partial charge in [-0.2, -0.15) is 0 Å². The van der Waals surface area contributed by atoms with E-state index in [0.29, 0.717) is 12.8 Å². The van der Waals surface area contributed by atoms with E-state index in [1.807, 2.05) is 20.8 Å². The van der Waals surface area contributed by atoms with Crippen LogP contribution in [-0.4, -0.2) is 59.0 Å². The van der Waals surface area contributed by atoms with Gasteiger partial charge in [0, 0.05) is 31.7 Å². The second-order valence-electron chi connectivity index (χ2n) is 7.13. The summed E-state index contributed by atoms with van der Waals surface area (Å²) in [7, 11) is 0. The molecule has 0 aromatic heterocycles. The fraction of sp³-hybridized carbons (Fsp3) is 0.733. The number of piperidine rings is 1. The van der Waals surface area contributed by atoms with Gasteiger partial charge >= 0.3 is 6.03 Å². The lowest BCUT2D eigenvalue weighted by Gasteiger charge is -2.37. The Morgan fingerprint density at radius 2 is 1.95 bits per heavy atom. The molecule has 0 aliphatic carbocycles. The monoisotopic (exact) mass is 294 g/mol. The van der Waals surface area contributed by atoms with Crippen molar-refractivity contribution in [2.24, 2.45) is 5.73 Å². The summed E-state index contributed by atoms with van der Waals surface area (Å²) in [5.74, 6) is -0.124. The highest BCUT2D eigenvalue weighted by atomic mass is 16.2. The molecule has 21 heavy (non-hydrogen) atoms. The fourth-order valence-electron chi connectivity index (χ4n) is 3.04. The van der Waals surface area contributed by atoms with Crippen molar-refractivity contribution in [1.82, 2.24) is 15.1 Å². The van der Waals surface area contributed by atoms with Crippen LogP contribution in [0.4, 0.5) is 4.79 Å². The summed E-state index contributed by atoms with van der Waals surface area (Å²) in [6.45, 7) is 12.2. The Hall–Kier alpha value is -1.40. The summed E-state index contributed by atoms with van der Waals surface area (Å²) in [6.07, 6.45) is 1.29. The lowest BCUT2D eigenvalue weighted by Crippen LogP contribution is -2.55. The Kier molecular flexibility index (Phi) is 4.13. The Bertz CT molecular complexity index is 459. The van der Waals surface area contributed by atoms with Crippen molar-refractivity contribution >= 4 is 11.9 Å². The molecule has 2 fully saturated rings. The number of urea groups is 1. The first-order valence-electron chi connectivity index (χ1n) is 7.43. The third-order valence-corrected chi connectivity index (χ3v) is 4.01. The summed E-state index contributed by atoms with van der Waals surface area (Å²) in [4.78, 5) is 28.3. The first kappa shape index (κ1) is 16.0. The van der Waals surface area contributed by atoms with Crippen molar-refractivity contribution in [1.29, 1.82) is 0 Å². The minimum Gasteiger partial charge on any atom is -0.324 e. The van der Waals surface area contributed by atoms with Crippen LogP contribution in [0, 0.1) is 0 Å². The zero-order valence-corrected chi connectivity index (χ0v) is 13.2. The van der Waals surface area contributed by atoms with Crippen molar-refractivity contribution in [3.63, 3.8) is 0 Å². The topological polar surface area (TPSA) is 78.7 Å². The van der Waals surface area contributed by atoms with Crippen molar-refractivity contribution in [3.8, 4) is 0 Å². The van der Waals surface area contributed by atoms with Crippen LogP contribution in [0.15, 0.2) is 12.2 Å². The summed E-state index contributed by atoms with van der Waals surface area (Å²) in [5, 5.41) is 2.90. The number of rotatable bonds is 4. The third kappa shape index (κ3) is 3.44. The zero-order chi connectivity index (χ0) is 15.8. The van der Waals surface area contributed by atoms with Gasteiger partial charge in [-0.05, 0) is 33.6 Å². The molecule has 2 saturated heterocycles. The Labute approximate surface area is 126 Å². The van der Waals surface area contributed by atoms with E-state index in [4.69, 9.17) is 5.73 Å². The lowest BCUT2D eigenvalue weighted by atomic mass is 9.87. The maximum absolute atomic E-state index is 12.7. The largest absolute Gasteiger partial charge is 0.325 e. The molecule has 1 spiro atoms. The van der Waals surface area contributed by atoms with Crippen LogP contribution in [0.25, 0.3) is 0 Å². The number of carbonyl (C=O) groups excluding carboxylic acids is 2. The molecule has 2 heterocycles. The van der Waals surface area contributed by atoms with Crippen LogP contribution in [-0.2, 0) is 4.79 Å². The molecule has 6 nitrogen and oxygen atoms in total. The van der Waals surface area contributed by atoms with Crippen LogP contribution >= 0.6 is 0 Å². The number of nitrogens with one attached hydrogen (secondary N) is 1. The number of hydrogen-bond donors (Lipinski definition) is 2. The van der Waals surface area contributed by atoms with E-state index in [1.165, 1.54) is 4.90 Å². The van der Waals surface area contributed by atoms with Gasteiger partial charge in [0.05, 0.1) is 0 Å². The normalized spacial score (nSPS) is 22.8. The average molecular weight is 294 g/mol. The van der Waals surface area contributed by atoms with Gasteiger partial charge in [-0.25, -0.2) is 4.79 Å². The van der Waals surface area contributed by atoms with E-state index in [-0.39, 0.29) is 18.5 Å². The van der Waals surface area contributed by atoms with Crippen LogP contribution < -0.4 is 11.1 Å². The second-order valence-corrected chi connectivity index (χ2v) is 7.13. The molecule has 3 amide bonds. The zero-order valence-electron chi connectivity index (χ0n) is 13.2. The standard InChI is InChI=1S/C15H26N4O2/c1-11(2)9-18-7-5-15(6-8-18)12(20)19(13(21)17-15)10-14(3,4)16/h1,5-10,16H2,2-4H3,(H,17,21). The molecular weight excluding hydrogens is 268 g/mol. The minimum absolute atomic E-state index is 0.124. The fourth-order valence-corrected chi connectivity index (χ4v) is 3.04. The highest BCUT2D eigenvalue weighted by Gasteiger charge is 2.52. The van der Waals surface area contributed by atoms with Gasteiger partial charge in [0.2, 0.25) is 0 Å². The van der Waals surface area contributed by atoms with Gasteiger partial charge in [-0.1, -0.05) is 12.2 Å². The first-order valence-corrected chi connectivity index (χ1v) is 7.43. The maximum atomic E-state index is 12.7. The third-order valence-electron chi connectivity index (χ3n) is 4.01. The quantitative estimate of drug-likeness (QED) is 0.590. The maximum Gasteiger partial charge on any atom is 0.325 e. The molecule has 2 rings (SSSR count). The molecule has 3 N–H and O–H groups in total. The van der Waals surface area contributed by atoms with Crippen LogP contribution in [0.2, 0.25) is 0 Å². The van der Waals surface area contributed by atoms with Crippen LogP contribution in [0.1, 0.15) is 33.6 Å². The summed E-state index contributed by atoms with van der Waals surface area (Å²) >= 11 is 0. The van der Waals surface area contributed by atoms with Crippen LogP contribution in [0.3, 0.4) is 0 Å². The Morgan fingerprint density at radius 1 is 1.38 bits per heavy atom. The van der Waals surface area contributed by atoms with Gasteiger partial charge in [-0.15, -0.1) is 0 Å². The molecule has 118 valence electrons. The van der Waals surface area contributed by atoms with E-state index in [2.05, 4.69) is 16.8 Å². The number of nitrogens with zero attached hydrogens (tertiary/aromatic N) is 2. The van der Waals surface area contributed by atoms with Crippen molar-refractivity contribution in [2.45, 2.75) is 44.7 Å². The molecular formula is C15H26N4O2. The summed E-state index contributed by atoms with van der Waals surface area (Å²) in [5.41, 5.74) is 5.74. The molecule has 0 saturated carbocycles. The number of imide groups is 1. The average Bonchev–Trinajstić information content (AvgIpc) is 2.55.